The van der Waals surface area contributed by atoms with Gasteiger partial charge in [0.25, 0.3) is 0 Å². The quantitative estimate of drug-likeness (QED) is 0.726. The minimum atomic E-state index is 0.248. The average molecular weight is 213 g/mol. The van der Waals surface area contributed by atoms with Gasteiger partial charge in [-0.3, -0.25) is 0 Å². The van der Waals surface area contributed by atoms with Gasteiger partial charge in [0.15, 0.2) is 0 Å². The van der Waals surface area contributed by atoms with E-state index >= 15 is 0 Å². The van der Waals surface area contributed by atoms with Gasteiger partial charge in [0.2, 0.25) is 0 Å². The van der Waals surface area contributed by atoms with Crippen molar-refractivity contribution in [3.8, 4) is 0 Å². The Morgan fingerprint density at radius 1 is 1.57 bits per heavy atom. The summed E-state index contributed by atoms with van der Waals surface area (Å²) >= 11 is 1.79. The van der Waals surface area contributed by atoms with Gasteiger partial charge >= 0.3 is 0 Å². The van der Waals surface area contributed by atoms with Crippen LogP contribution in [0, 0.1) is 0 Å². The number of hydrogen-bond acceptors (Lipinski definition) is 3. The van der Waals surface area contributed by atoms with Crippen molar-refractivity contribution in [2.75, 3.05) is 13.2 Å². The Balaban J connectivity index is 2.13. The molecule has 0 spiro atoms. The Kier molecular flexibility index (Phi) is 5.83. The predicted molar refractivity (Wildman–Crippen MR) is 61.8 cm³/mol. The van der Waals surface area contributed by atoms with Crippen LogP contribution < -0.4 is 5.32 Å². The SMILES string of the molecule is CCCC(CO)NCCc1cccs1. The fourth-order valence-corrected chi connectivity index (χ4v) is 2.17. The molecule has 0 fully saturated rings. The fraction of sp³-hybridized carbons (Fsp3) is 0.636. The van der Waals surface area contributed by atoms with E-state index in [1.807, 2.05) is 0 Å². The summed E-state index contributed by atoms with van der Waals surface area (Å²) in [7, 11) is 0. The minimum Gasteiger partial charge on any atom is -0.395 e. The zero-order chi connectivity index (χ0) is 10.2. The van der Waals surface area contributed by atoms with Crippen molar-refractivity contribution in [3.63, 3.8) is 0 Å². The minimum absolute atomic E-state index is 0.248. The molecule has 0 aromatic carbocycles. The first-order chi connectivity index (χ1) is 6.86. The number of hydrogen-bond donors (Lipinski definition) is 2. The first-order valence-electron chi connectivity index (χ1n) is 5.23. The molecule has 1 heterocycles. The van der Waals surface area contributed by atoms with E-state index in [0.29, 0.717) is 0 Å². The molecule has 0 aliphatic heterocycles. The lowest BCUT2D eigenvalue weighted by Gasteiger charge is -2.14. The molecule has 14 heavy (non-hydrogen) atoms. The van der Waals surface area contributed by atoms with Gasteiger partial charge in [0.1, 0.15) is 0 Å². The van der Waals surface area contributed by atoms with Gasteiger partial charge in [0.05, 0.1) is 6.61 Å². The topological polar surface area (TPSA) is 32.3 Å². The number of thiophene rings is 1. The predicted octanol–water partition coefficient (Wildman–Crippen LogP) is 2.04. The molecule has 0 saturated carbocycles. The van der Waals surface area contributed by atoms with Crippen LogP contribution in [0.5, 0.6) is 0 Å². The van der Waals surface area contributed by atoms with Gasteiger partial charge in [-0.15, -0.1) is 11.3 Å². The fourth-order valence-electron chi connectivity index (χ4n) is 1.46. The molecule has 3 heteroatoms. The van der Waals surface area contributed by atoms with Crippen LogP contribution in [0.4, 0.5) is 0 Å². The van der Waals surface area contributed by atoms with Crippen LogP contribution in [0.2, 0.25) is 0 Å². The van der Waals surface area contributed by atoms with Crippen LogP contribution in [-0.4, -0.2) is 24.3 Å². The molecule has 2 nitrogen and oxygen atoms in total. The summed E-state index contributed by atoms with van der Waals surface area (Å²) in [5.74, 6) is 0. The van der Waals surface area contributed by atoms with Crippen LogP contribution in [0.1, 0.15) is 24.6 Å². The standard InChI is InChI=1S/C11H19NOS/c1-2-4-10(9-13)12-7-6-11-5-3-8-14-11/h3,5,8,10,12-13H,2,4,6-7,9H2,1H3. The largest absolute Gasteiger partial charge is 0.395 e. The second-order valence-corrected chi connectivity index (χ2v) is 4.48. The lowest BCUT2D eigenvalue weighted by atomic mass is 10.2. The summed E-state index contributed by atoms with van der Waals surface area (Å²) in [6, 6.07) is 4.51. The number of nitrogens with one attached hydrogen (secondary N) is 1. The van der Waals surface area contributed by atoms with Crippen molar-refractivity contribution in [2.45, 2.75) is 32.2 Å². The summed E-state index contributed by atoms with van der Waals surface area (Å²) in [4.78, 5) is 1.41. The van der Waals surface area contributed by atoms with Crippen molar-refractivity contribution in [2.24, 2.45) is 0 Å². The number of aliphatic hydroxyl groups excluding tert-OH is 1. The van der Waals surface area contributed by atoms with Crippen molar-refractivity contribution in [1.82, 2.24) is 5.32 Å². The molecule has 1 atom stereocenters. The molecule has 0 aliphatic carbocycles. The first kappa shape index (κ1) is 11.7. The van der Waals surface area contributed by atoms with Crippen LogP contribution in [-0.2, 0) is 6.42 Å². The van der Waals surface area contributed by atoms with Gasteiger partial charge in [-0.1, -0.05) is 19.4 Å². The zero-order valence-corrected chi connectivity index (χ0v) is 9.52. The highest BCUT2D eigenvalue weighted by Crippen LogP contribution is 2.08. The molecule has 2 N–H and O–H groups in total. The summed E-state index contributed by atoms with van der Waals surface area (Å²) < 4.78 is 0. The normalized spacial score (nSPS) is 13.0. The van der Waals surface area contributed by atoms with E-state index in [2.05, 4.69) is 29.8 Å². The Morgan fingerprint density at radius 2 is 2.43 bits per heavy atom. The lowest BCUT2D eigenvalue weighted by molar-refractivity contribution is 0.235. The third-order valence-electron chi connectivity index (χ3n) is 2.24. The Bertz CT molecular complexity index is 223. The smallest absolute Gasteiger partial charge is 0.0584 e. The molecule has 80 valence electrons. The molecular formula is C11H19NOS. The van der Waals surface area contributed by atoms with Crippen molar-refractivity contribution >= 4 is 11.3 Å². The maximum atomic E-state index is 9.05. The van der Waals surface area contributed by atoms with Crippen molar-refractivity contribution < 1.29 is 5.11 Å². The van der Waals surface area contributed by atoms with E-state index in [0.717, 1.165) is 25.8 Å². The van der Waals surface area contributed by atoms with Crippen LogP contribution in [0.3, 0.4) is 0 Å². The second-order valence-electron chi connectivity index (χ2n) is 3.45. The summed E-state index contributed by atoms with van der Waals surface area (Å²) in [6.07, 6.45) is 3.25. The Morgan fingerprint density at radius 3 is 3.00 bits per heavy atom. The van der Waals surface area contributed by atoms with E-state index < -0.39 is 0 Å². The molecule has 1 aromatic heterocycles. The highest BCUT2D eigenvalue weighted by Gasteiger charge is 2.04. The van der Waals surface area contributed by atoms with E-state index in [4.69, 9.17) is 5.11 Å². The molecule has 0 bridgehead atoms. The summed E-state index contributed by atoms with van der Waals surface area (Å²) in [5.41, 5.74) is 0. The van der Waals surface area contributed by atoms with E-state index in [1.54, 1.807) is 11.3 Å². The molecule has 1 rings (SSSR count). The summed E-state index contributed by atoms with van der Waals surface area (Å²) in [5, 5.41) is 14.5. The van der Waals surface area contributed by atoms with Gasteiger partial charge in [-0.05, 0) is 24.3 Å². The third kappa shape index (κ3) is 4.22. The molecule has 1 aromatic rings. The molecule has 0 radical (unpaired) electrons. The highest BCUT2D eigenvalue weighted by molar-refractivity contribution is 7.09. The maximum absolute atomic E-state index is 9.05. The lowest BCUT2D eigenvalue weighted by Crippen LogP contribution is -2.33. The molecule has 1 unspecified atom stereocenters. The van der Waals surface area contributed by atoms with E-state index in [1.165, 1.54) is 4.88 Å². The highest BCUT2D eigenvalue weighted by atomic mass is 32.1. The van der Waals surface area contributed by atoms with Crippen LogP contribution in [0.15, 0.2) is 17.5 Å². The molecule has 0 aliphatic rings. The molecule has 0 amide bonds. The zero-order valence-electron chi connectivity index (χ0n) is 8.70. The van der Waals surface area contributed by atoms with E-state index in [-0.39, 0.29) is 12.6 Å². The van der Waals surface area contributed by atoms with Crippen LogP contribution >= 0.6 is 11.3 Å². The summed E-state index contributed by atoms with van der Waals surface area (Å²) in [6.45, 7) is 3.35. The van der Waals surface area contributed by atoms with Crippen molar-refractivity contribution in [1.29, 1.82) is 0 Å². The molecular weight excluding hydrogens is 194 g/mol. The third-order valence-corrected chi connectivity index (χ3v) is 3.18. The van der Waals surface area contributed by atoms with Crippen LogP contribution in [0.25, 0.3) is 0 Å². The van der Waals surface area contributed by atoms with Gasteiger partial charge in [0, 0.05) is 17.5 Å². The Labute approximate surface area is 90.0 Å². The average Bonchev–Trinajstić information content (AvgIpc) is 2.69. The second kappa shape index (κ2) is 6.98. The Hall–Kier alpha value is -0.380. The van der Waals surface area contributed by atoms with Gasteiger partial charge in [-0.2, -0.15) is 0 Å². The first-order valence-corrected chi connectivity index (χ1v) is 6.11. The number of rotatable bonds is 7. The van der Waals surface area contributed by atoms with Gasteiger partial charge < -0.3 is 10.4 Å². The van der Waals surface area contributed by atoms with Crippen molar-refractivity contribution in [3.05, 3.63) is 22.4 Å². The number of aliphatic hydroxyl groups is 1. The van der Waals surface area contributed by atoms with E-state index in [9.17, 15) is 0 Å². The maximum Gasteiger partial charge on any atom is 0.0584 e. The monoisotopic (exact) mass is 213 g/mol. The van der Waals surface area contributed by atoms with Gasteiger partial charge in [-0.25, -0.2) is 0 Å². The molecule has 0 saturated heterocycles.